The summed E-state index contributed by atoms with van der Waals surface area (Å²) < 4.78 is 32.4. The average molecular weight is 457 g/mol. The molecule has 1 aliphatic heterocycles. The number of esters is 1. The van der Waals surface area contributed by atoms with Crippen molar-refractivity contribution in [3.8, 4) is 0 Å². The minimum atomic E-state index is -3.66. The zero-order valence-electron chi connectivity index (χ0n) is 18.3. The van der Waals surface area contributed by atoms with Crippen LogP contribution in [0.3, 0.4) is 0 Å². The van der Waals surface area contributed by atoms with Gasteiger partial charge < -0.3 is 10.1 Å². The van der Waals surface area contributed by atoms with Crippen LogP contribution >= 0.6 is 0 Å². The van der Waals surface area contributed by atoms with E-state index in [0.717, 1.165) is 18.4 Å². The van der Waals surface area contributed by atoms with Crippen LogP contribution in [0.5, 0.6) is 0 Å². The van der Waals surface area contributed by atoms with E-state index in [1.165, 1.54) is 28.6 Å². The van der Waals surface area contributed by atoms with E-state index < -0.39 is 16.0 Å². The van der Waals surface area contributed by atoms with Crippen LogP contribution in [0.15, 0.2) is 59.5 Å². The average Bonchev–Trinajstić information content (AvgIpc) is 3.22. The number of carbonyl (C=O) groups is 2. The summed E-state index contributed by atoms with van der Waals surface area (Å²) in [5.41, 5.74) is 2.37. The van der Waals surface area contributed by atoms with Gasteiger partial charge in [-0.3, -0.25) is 9.10 Å². The summed E-state index contributed by atoms with van der Waals surface area (Å²) in [5, 5.41) is 2.76. The van der Waals surface area contributed by atoms with Gasteiger partial charge >= 0.3 is 5.97 Å². The van der Waals surface area contributed by atoms with Crippen LogP contribution in [0.25, 0.3) is 6.08 Å². The van der Waals surface area contributed by atoms with Gasteiger partial charge in [0.1, 0.15) is 0 Å². The third-order valence-electron chi connectivity index (χ3n) is 5.20. The number of nitrogens with zero attached hydrogens (tertiary/aromatic N) is 1. The standard InChI is InChI=1S/C24H28N2O5S/c1-3-6-18(2)25-23(27)17-31-24(28)14-11-19-9-12-21(13-10-19)32(29,30)26-16-15-20-7-4-5-8-22(20)26/h4-5,7-14,18H,3,6,15-17H2,1-2H3,(H,25,27)/b14-11+. The van der Waals surface area contributed by atoms with E-state index in [0.29, 0.717) is 24.2 Å². The Labute approximate surface area is 189 Å². The molecule has 8 heteroatoms. The molecule has 0 radical (unpaired) electrons. The number of rotatable bonds is 9. The number of ether oxygens (including phenoxy) is 1. The number of anilines is 1. The molecule has 1 amide bonds. The van der Waals surface area contributed by atoms with Crippen LogP contribution in [0.2, 0.25) is 0 Å². The quantitative estimate of drug-likeness (QED) is 0.462. The summed E-state index contributed by atoms with van der Waals surface area (Å²) in [4.78, 5) is 23.8. The largest absolute Gasteiger partial charge is 0.452 e. The predicted molar refractivity (Wildman–Crippen MR) is 124 cm³/mol. The molecule has 2 aromatic rings. The number of nitrogens with one attached hydrogen (secondary N) is 1. The molecule has 2 aromatic carbocycles. The number of hydrogen-bond acceptors (Lipinski definition) is 5. The molecule has 32 heavy (non-hydrogen) atoms. The molecular formula is C24H28N2O5S. The van der Waals surface area contributed by atoms with Gasteiger partial charge in [0.25, 0.3) is 15.9 Å². The van der Waals surface area contributed by atoms with Crippen molar-refractivity contribution in [1.29, 1.82) is 0 Å². The van der Waals surface area contributed by atoms with Crippen molar-refractivity contribution in [1.82, 2.24) is 5.32 Å². The number of hydrogen-bond donors (Lipinski definition) is 1. The molecule has 0 aliphatic carbocycles. The third-order valence-corrected chi connectivity index (χ3v) is 7.03. The van der Waals surface area contributed by atoms with Crippen molar-refractivity contribution in [2.75, 3.05) is 17.5 Å². The van der Waals surface area contributed by atoms with Crippen LogP contribution in [-0.4, -0.2) is 39.5 Å². The maximum atomic E-state index is 13.0. The molecule has 0 saturated carbocycles. The number of amides is 1. The Kier molecular flexibility index (Phi) is 7.69. The SMILES string of the molecule is CCCC(C)NC(=O)COC(=O)/C=C/c1ccc(S(=O)(=O)N2CCc3ccccc32)cc1. The van der Waals surface area contributed by atoms with Crippen LogP contribution < -0.4 is 9.62 Å². The van der Waals surface area contributed by atoms with Gasteiger partial charge in [-0.2, -0.15) is 0 Å². The van der Waals surface area contributed by atoms with Gasteiger partial charge in [0.2, 0.25) is 0 Å². The number of benzene rings is 2. The van der Waals surface area contributed by atoms with Gasteiger partial charge in [0.15, 0.2) is 6.61 Å². The molecule has 7 nitrogen and oxygen atoms in total. The first-order chi connectivity index (χ1) is 15.3. The predicted octanol–water partition coefficient (Wildman–Crippen LogP) is 3.30. The highest BCUT2D eigenvalue weighted by atomic mass is 32.2. The molecule has 3 rings (SSSR count). The minimum Gasteiger partial charge on any atom is -0.452 e. The van der Waals surface area contributed by atoms with Crippen molar-refractivity contribution >= 4 is 33.7 Å². The summed E-state index contributed by atoms with van der Waals surface area (Å²) in [6.07, 6.45) is 5.23. The lowest BCUT2D eigenvalue weighted by Crippen LogP contribution is -2.35. The maximum absolute atomic E-state index is 13.0. The second kappa shape index (κ2) is 10.5. The van der Waals surface area contributed by atoms with Crippen molar-refractivity contribution in [2.24, 2.45) is 0 Å². The van der Waals surface area contributed by atoms with E-state index in [-0.39, 0.29) is 23.5 Å². The molecule has 0 saturated heterocycles. The van der Waals surface area contributed by atoms with E-state index in [2.05, 4.69) is 5.32 Å². The zero-order valence-corrected chi connectivity index (χ0v) is 19.1. The van der Waals surface area contributed by atoms with E-state index in [9.17, 15) is 18.0 Å². The molecule has 0 bridgehead atoms. The highest BCUT2D eigenvalue weighted by molar-refractivity contribution is 7.92. The molecule has 170 valence electrons. The normalized spacial score (nSPS) is 14.2. The summed E-state index contributed by atoms with van der Waals surface area (Å²) in [6.45, 7) is 4.00. The Bertz CT molecular complexity index is 1090. The summed E-state index contributed by atoms with van der Waals surface area (Å²) in [6, 6.07) is 13.8. The lowest BCUT2D eigenvalue weighted by Gasteiger charge is -2.19. The number of carbonyl (C=O) groups excluding carboxylic acids is 2. The topological polar surface area (TPSA) is 92.8 Å². The summed E-state index contributed by atoms with van der Waals surface area (Å²) in [5.74, 6) is -0.987. The third kappa shape index (κ3) is 5.76. The molecular weight excluding hydrogens is 428 g/mol. The van der Waals surface area contributed by atoms with Crippen molar-refractivity contribution in [3.05, 3.63) is 65.7 Å². The van der Waals surface area contributed by atoms with E-state index in [1.54, 1.807) is 12.1 Å². The fourth-order valence-electron chi connectivity index (χ4n) is 3.61. The van der Waals surface area contributed by atoms with Gasteiger partial charge in [-0.15, -0.1) is 0 Å². The molecule has 0 aromatic heterocycles. The maximum Gasteiger partial charge on any atom is 0.331 e. The highest BCUT2D eigenvalue weighted by Crippen LogP contribution is 2.32. The number of fused-ring (bicyclic) bond motifs is 1. The Morgan fingerprint density at radius 2 is 1.88 bits per heavy atom. The second-order valence-electron chi connectivity index (χ2n) is 7.72. The molecule has 1 unspecified atom stereocenters. The highest BCUT2D eigenvalue weighted by Gasteiger charge is 2.30. The fraction of sp³-hybridized carbons (Fsp3) is 0.333. The van der Waals surface area contributed by atoms with Crippen LogP contribution in [0, 0.1) is 0 Å². The Balaban J connectivity index is 1.57. The number of para-hydroxylation sites is 1. The van der Waals surface area contributed by atoms with Gasteiger partial charge in [-0.05, 0) is 55.2 Å². The van der Waals surface area contributed by atoms with Crippen molar-refractivity contribution in [3.63, 3.8) is 0 Å². The van der Waals surface area contributed by atoms with E-state index >= 15 is 0 Å². The van der Waals surface area contributed by atoms with E-state index in [4.69, 9.17) is 4.74 Å². The van der Waals surface area contributed by atoms with Crippen molar-refractivity contribution < 1.29 is 22.7 Å². The van der Waals surface area contributed by atoms with Gasteiger partial charge in [-0.1, -0.05) is 43.7 Å². The minimum absolute atomic E-state index is 0.0329. The lowest BCUT2D eigenvalue weighted by molar-refractivity contribution is -0.144. The summed E-state index contributed by atoms with van der Waals surface area (Å²) >= 11 is 0. The first kappa shape index (κ1) is 23.5. The molecule has 0 fully saturated rings. The Morgan fingerprint density at radius 3 is 2.59 bits per heavy atom. The first-order valence-corrected chi connectivity index (χ1v) is 12.1. The van der Waals surface area contributed by atoms with Crippen LogP contribution in [0.4, 0.5) is 5.69 Å². The fourth-order valence-corrected chi connectivity index (χ4v) is 5.11. The monoisotopic (exact) mass is 456 g/mol. The Hall–Kier alpha value is -3.13. The van der Waals surface area contributed by atoms with Crippen molar-refractivity contribution in [2.45, 2.75) is 44.0 Å². The van der Waals surface area contributed by atoms with E-state index in [1.807, 2.05) is 38.1 Å². The zero-order chi connectivity index (χ0) is 23.1. The molecule has 0 spiro atoms. The lowest BCUT2D eigenvalue weighted by atomic mass is 10.2. The molecule has 1 heterocycles. The Morgan fingerprint density at radius 1 is 1.16 bits per heavy atom. The molecule has 1 aliphatic rings. The van der Waals surface area contributed by atoms with Crippen LogP contribution in [0.1, 0.15) is 37.8 Å². The summed E-state index contributed by atoms with van der Waals surface area (Å²) in [7, 11) is -3.66. The van der Waals surface area contributed by atoms with Gasteiger partial charge in [0.05, 0.1) is 10.6 Å². The second-order valence-corrected chi connectivity index (χ2v) is 9.59. The van der Waals surface area contributed by atoms with Crippen LogP contribution in [-0.2, 0) is 30.8 Å². The van der Waals surface area contributed by atoms with Gasteiger partial charge in [-0.25, -0.2) is 13.2 Å². The van der Waals surface area contributed by atoms with Gasteiger partial charge in [0, 0.05) is 18.7 Å². The molecule has 1 atom stereocenters. The first-order valence-electron chi connectivity index (χ1n) is 10.7. The smallest absolute Gasteiger partial charge is 0.331 e. The number of sulfonamides is 1. The molecule has 1 N–H and O–H groups in total.